The number of rotatable bonds is 4. The van der Waals surface area contributed by atoms with Crippen LogP contribution in [0.2, 0.25) is 0 Å². The highest BCUT2D eigenvalue weighted by Gasteiger charge is 2.19. The van der Waals surface area contributed by atoms with Crippen molar-refractivity contribution in [2.75, 3.05) is 12.8 Å². The minimum Gasteiger partial charge on any atom is -0.493 e. The first kappa shape index (κ1) is 12.8. The van der Waals surface area contributed by atoms with Crippen molar-refractivity contribution in [2.24, 2.45) is 0 Å². The summed E-state index contributed by atoms with van der Waals surface area (Å²) in [6.07, 6.45) is 6.61. The summed E-state index contributed by atoms with van der Waals surface area (Å²) in [7, 11) is 1.64. The van der Waals surface area contributed by atoms with Gasteiger partial charge >= 0.3 is 0 Å². The van der Waals surface area contributed by atoms with Gasteiger partial charge in [-0.15, -0.1) is 0 Å². The average molecular weight is 274 g/mol. The molecular weight excluding hydrogens is 256 g/mol. The summed E-state index contributed by atoms with van der Waals surface area (Å²) >= 11 is 0. The van der Waals surface area contributed by atoms with Crippen LogP contribution in [-0.2, 0) is 0 Å². The number of methoxy groups -OCH3 is 1. The van der Waals surface area contributed by atoms with Gasteiger partial charge in [0, 0.05) is 0 Å². The van der Waals surface area contributed by atoms with E-state index in [4.69, 9.17) is 19.7 Å². The van der Waals surface area contributed by atoms with E-state index in [0.717, 1.165) is 29.7 Å². The first-order valence-electron chi connectivity index (χ1n) is 6.83. The van der Waals surface area contributed by atoms with Crippen molar-refractivity contribution in [3.63, 3.8) is 0 Å². The average Bonchev–Trinajstić information content (AvgIpc) is 3.11. The fourth-order valence-electron chi connectivity index (χ4n) is 2.58. The minimum atomic E-state index is 0.301. The molecule has 106 valence electrons. The summed E-state index contributed by atoms with van der Waals surface area (Å²) in [5.41, 5.74) is 7.40. The number of nitrogens with two attached hydrogens (primary N) is 1. The van der Waals surface area contributed by atoms with E-state index in [1.165, 1.54) is 12.8 Å². The quantitative estimate of drug-likeness (QED) is 0.926. The first-order chi connectivity index (χ1) is 9.78. The number of benzene rings is 1. The number of hydrogen-bond acceptors (Lipinski definition) is 5. The monoisotopic (exact) mass is 274 g/mol. The molecule has 1 aromatic carbocycles. The van der Waals surface area contributed by atoms with Gasteiger partial charge in [0.25, 0.3) is 0 Å². The second-order valence-corrected chi connectivity index (χ2v) is 4.99. The van der Waals surface area contributed by atoms with Gasteiger partial charge < -0.3 is 19.7 Å². The van der Waals surface area contributed by atoms with Crippen molar-refractivity contribution in [1.82, 2.24) is 5.16 Å². The Morgan fingerprint density at radius 2 is 2.05 bits per heavy atom. The van der Waals surface area contributed by atoms with Gasteiger partial charge in [0.2, 0.25) is 5.88 Å². The lowest BCUT2D eigenvalue weighted by Crippen LogP contribution is -2.11. The fraction of sp³-hybridized carbons (Fsp3) is 0.400. The van der Waals surface area contributed by atoms with Crippen LogP contribution in [0.4, 0.5) is 5.88 Å². The van der Waals surface area contributed by atoms with Crippen LogP contribution in [0.1, 0.15) is 25.7 Å². The van der Waals surface area contributed by atoms with Crippen molar-refractivity contribution in [1.29, 1.82) is 0 Å². The van der Waals surface area contributed by atoms with Crippen LogP contribution >= 0.6 is 0 Å². The molecule has 20 heavy (non-hydrogen) atoms. The van der Waals surface area contributed by atoms with Crippen molar-refractivity contribution >= 4 is 5.88 Å². The highest BCUT2D eigenvalue weighted by atomic mass is 16.5. The van der Waals surface area contributed by atoms with Crippen molar-refractivity contribution in [3.05, 3.63) is 24.4 Å². The zero-order valence-corrected chi connectivity index (χ0v) is 11.5. The van der Waals surface area contributed by atoms with Gasteiger partial charge in [-0.2, -0.15) is 0 Å². The van der Waals surface area contributed by atoms with Crippen molar-refractivity contribution < 1.29 is 14.0 Å². The molecule has 2 aromatic rings. The summed E-state index contributed by atoms with van der Waals surface area (Å²) in [4.78, 5) is 0. The topological polar surface area (TPSA) is 70.5 Å². The van der Waals surface area contributed by atoms with Crippen LogP contribution in [0.3, 0.4) is 0 Å². The lowest BCUT2D eigenvalue weighted by Gasteiger charge is -2.16. The summed E-state index contributed by atoms with van der Waals surface area (Å²) in [6.45, 7) is 0. The maximum absolute atomic E-state index is 6.00. The smallest absolute Gasteiger partial charge is 0.229 e. The normalized spacial score (nSPS) is 15.4. The van der Waals surface area contributed by atoms with Crippen LogP contribution in [-0.4, -0.2) is 18.4 Å². The zero-order chi connectivity index (χ0) is 13.9. The van der Waals surface area contributed by atoms with Crippen LogP contribution in [0.5, 0.6) is 11.5 Å². The molecule has 0 unspecified atom stereocenters. The molecule has 0 spiro atoms. The molecule has 0 bridgehead atoms. The lowest BCUT2D eigenvalue weighted by molar-refractivity contribution is 0.201. The summed E-state index contributed by atoms with van der Waals surface area (Å²) in [5, 5.41) is 3.69. The Bertz CT molecular complexity index is 589. The van der Waals surface area contributed by atoms with Crippen LogP contribution < -0.4 is 15.2 Å². The number of ether oxygens (including phenoxy) is 2. The Hall–Kier alpha value is -2.17. The molecule has 0 radical (unpaired) electrons. The number of hydrogen-bond donors (Lipinski definition) is 1. The van der Waals surface area contributed by atoms with Crippen LogP contribution in [0.25, 0.3) is 11.1 Å². The molecule has 5 heteroatoms. The molecule has 1 heterocycles. The van der Waals surface area contributed by atoms with Crippen molar-refractivity contribution in [2.45, 2.75) is 31.8 Å². The number of nitrogens with zero attached hydrogens (tertiary/aromatic N) is 1. The van der Waals surface area contributed by atoms with E-state index >= 15 is 0 Å². The summed E-state index contributed by atoms with van der Waals surface area (Å²) in [5.74, 6) is 1.78. The molecule has 0 atom stereocenters. The molecule has 1 saturated carbocycles. The number of anilines is 1. The van der Waals surface area contributed by atoms with Gasteiger partial charge in [-0.25, -0.2) is 0 Å². The van der Waals surface area contributed by atoms with Gasteiger partial charge in [-0.3, -0.25) is 0 Å². The number of nitrogen functional groups attached to an aromatic ring is 1. The predicted octanol–water partition coefficient (Wildman–Crippen LogP) is 3.25. The van der Waals surface area contributed by atoms with E-state index in [1.807, 2.05) is 18.2 Å². The van der Waals surface area contributed by atoms with Gasteiger partial charge in [0.1, 0.15) is 0 Å². The van der Waals surface area contributed by atoms with Crippen LogP contribution in [0, 0.1) is 0 Å². The standard InChI is InChI=1S/C15H18N2O3/c1-18-14-8-10(12-9-17-20-15(12)16)6-7-13(14)19-11-4-2-3-5-11/h6-9,11H,2-5,16H2,1H3. The molecule has 1 aromatic heterocycles. The Morgan fingerprint density at radius 3 is 2.70 bits per heavy atom. The second-order valence-electron chi connectivity index (χ2n) is 4.99. The lowest BCUT2D eigenvalue weighted by atomic mass is 10.1. The van der Waals surface area contributed by atoms with E-state index in [0.29, 0.717) is 17.7 Å². The third-order valence-corrected chi connectivity index (χ3v) is 3.67. The molecule has 0 saturated heterocycles. The molecule has 5 nitrogen and oxygen atoms in total. The number of aromatic nitrogens is 1. The maximum atomic E-state index is 6.00. The summed E-state index contributed by atoms with van der Waals surface area (Å²) < 4.78 is 16.3. The highest BCUT2D eigenvalue weighted by molar-refractivity contribution is 5.74. The van der Waals surface area contributed by atoms with E-state index in [-0.39, 0.29) is 0 Å². The molecular formula is C15H18N2O3. The minimum absolute atomic E-state index is 0.301. The van der Waals surface area contributed by atoms with E-state index < -0.39 is 0 Å². The molecule has 1 aliphatic carbocycles. The highest BCUT2D eigenvalue weighted by Crippen LogP contribution is 2.36. The molecule has 2 N–H and O–H groups in total. The van der Waals surface area contributed by atoms with Crippen LogP contribution in [0.15, 0.2) is 28.9 Å². The second kappa shape index (κ2) is 5.45. The Labute approximate surface area is 117 Å². The molecule has 1 fully saturated rings. The van der Waals surface area contributed by atoms with E-state index in [1.54, 1.807) is 13.3 Å². The third kappa shape index (κ3) is 2.43. The predicted molar refractivity (Wildman–Crippen MR) is 75.8 cm³/mol. The molecule has 0 aliphatic heterocycles. The SMILES string of the molecule is COc1cc(-c2cnoc2N)ccc1OC1CCCC1. The van der Waals surface area contributed by atoms with Gasteiger partial charge in [0.15, 0.2) is 11.5 Å². The molecule has 3 rings (SSSR count). The van der Waals surface area contributed by atoms with E-state index in [2.05, 4.69) is 5.16 Å². The first-order valence-corrected chi connectivity index (χ1v) is 6.83. The summed E-state index contributed by atoms with van der Waals surface area (Å²) in [6, 6.07) is 5.75. The van der Waals surface area contributed by atoms with Gasteiger partial charge in [0.05, 0.1) is 25.0 Å². The van der Waals surface area contributed by atoms with Gasteiger partial charge in [-0.05, 0) is 43.4 Å². The Morgan fingerprint density at radius 1 is 1.25 bits per heavy atom. The van der Waals surface area contributed by atoms with E-state index in [9.17, 15) is 0 Å². The Balaban J connectivity index is 1.87. The fourth-order valence-corrected chi connectivity index (χ4v) is 2.58. The van der Waals surface area contributed by atoms with Gasteiger partial charge in [-0.1, -0.05) is 11.2 Å². The third-order valence-electron chi connectivity index (χ3n) is 3.67. The van der Waals surface area contributed by atoms with Crippen molar-refractivity contribution in [3.8, 4) is 22.6 Å². The maximum Gasteiger partial charge on any atom is 0.229 e. The zero-order valence-electron chi connectivity index (χ0n) is 11.5. The molecule has 1 aliphatic rings. The largest absolute Gasteiger partial charge is 0.493 e. The Kier molecular flexibility index (Phi) is 3.50. The molecule has 0 amide bonds.